The van der Waals surface area contributed by atoms with Gasteiger partial charge in [-0.05, 0) is 24.6 Å². The van der Waals surface area contributed by atoms with Crippen molar-refractivity contribution in [1.29, 1.82) is 0 Å². The van der Waals surface area contributed by atoms with Crippen molar-refractivity contribution < 1.29 is 0 Å². The van der Waals surface area contributed by atoms with E-state index in [-0.39, 0.29) is 12.1 Å². The lowest BCUT2D eigenvalue weighted by Gasteiger charge is -2.06. The molecule has 0 N–H and O–H groups in total. The number of hydrogen-bond acceptors (Lipinski definition) is 3. The quantitative estimate of drug-likeness (QED) is 0.787. The van der Waals surface area contributed by atoms with Gasteiger partial charge in [0, 0.05) is 6.07 Å². The Morgan fingerprint density at radius 2 is 2.12 bits per heavy atom. The van der Waals surface area contributed by atoms with E-state index in [1.54, 1.807) is 18.3 Å². The molecule has 2 aromatic rings. The summed E-state index contributed by atoms with van der Waals surface area (Å²) in [6.45, 7) is 2.02. The van der Waals surface area contributed by atoms with Crippen LogP contribution >= 0.6 is 23.2 Å². The van der Waals surface area contributed by atoms with E-state index in [0.29, 0.717) is 15.9 Å². The second-order valence-electron chi connectivity index (χ2n) is 3.59. The van der Waals surface area contributed by atoms with Crippen molar-refractivity contribution in [1.82, 2.24) is 14.8 Å². The van der Waals surface area contributed by atoms with Gasteiger partial charge in [0.05, 0.1) is 23.5 Å². The minimum atomic E-state index is -0.192. The van der Waals surface area contributed by atoms with Crippen molar-refractivity contribution in [3.8, 4) is 0 Å². The SMILES string of the molecule is Cc1cnn(Cc2nc(Cl)ccc2Cl)c(=O)c1. The number of aromatic nitrogens is 3. The monoisotopic (exact) mass is 269 g/mol. The summed E-state index contributed by atoms with van der Waals surface area (Å²) in [5.41, 5.74) is 1.15. The first-order valence-electron chi connectivity index (χ1n) is 4.91. The maximum atomic E-state index is 11.6. The fourth-order valence-electron chi connectivity index (χ4n) is 1.35. The molecule has 0 bridgehead atoms. The molecular formula is C11H9Cl2N3O. The van der Waals surface area contributed by atoms with Crippen LogP contribution in [0, 0.1) is 6.92 Å². The lowest BCUT2D eigenvalue weighted by atomic mass is 10.3. The van der Waals surface area contributed by atoms with E-state index in [9.17, 15) is 4.79 Å². The number of halogens is 2. The van der Waals surface area contributed by atoms with Gasteiger partial charge >= 0.3 is 0 Å². The van der Waals surface area contributed by atoms with Crippen LogP contribution in [-0.4, -0.2) is 14.8 Å². The van der Waals surface area contributed by atoms with Crippen LogP contribution in [0.3, 0.4) is 0 Å². The topological polar surface area (TPSA) is 47.8 Å². The second-order valence-corrected chi connectivity index (χ2v) is 4.39. The molecule has 88 valence electrons. The molecule has 0 unspecified atom stereocenters. The number of hydrogen-bond donors (Lipinski definition) is 0. The lowest BCUT2D eigenvalue weighted by Crippen LogP contribution is -2.23. The van der Waals surface area contributed by atoms with E-state index in [4.69, 9.17) is 23.2 Å². The molecule has 2 rings (SSSR count). The highest BCUT2D eigenvalue weighted by atomic mass is 35.5. The third-order valence-electron chi connectivity index (χ3n) is 2.19. The van der Waals surface area contributed by atoms with Crippen LogP contribution in [0.1, 0.15) is 11.3 Å². The smallest absolute Gasteiger partial charge is 0.267 e. The molecule has 2 heterocycles. The number of aryl methyl sites for hydroxylation is 1. The first-order chi connectivity index (χ1) is 8.06. The molecular weight excluding hydrogens is 261 g/mol. The van der Waals surface area contributed by atoms with Gasteiger partial charge in [-0.25, -0.2) is 9.67 Å². The van der Waals surface area contributed by atoms with Gasteiger partial charge in [0.15, 0.2) is 0 Å². The molecule has 2 aromatic heterocycles. The molecule has 0 amide bonds. The maximum absolute atomic E-state index is 11.6. The van der Waals surface area contributed by atoms with Crippen LogP contribution in [0.4, 0.5) is 0 Å². The van der Waals surface area contributed by atoms with Gasteiger partial charge in [-0.1, -0.05) is 23.2 Å². The highest BCUT2D eigenvalue weighted by Crippen LogP contribution is 2.17. The van der Waals surface area contributed by atoms with Gasteiger partial charge in [0.2, 0.25) is 0 Å². The average molecular weight is 270 g/mol. The van der Waals surface area contributed by atoms with Gasteiger partial charge in [0.1, 0.15) is 5.15 Å². The predicted molar refractivity (Wildman–Crippen MR) is 66.6 cm³/mol. The second kappa shape index (κ2) is 4.85. The zero-order chi connectivity index (χ0) is 12.4. The molecule has 4 nitrogen and oxygen atoms in total. The summed E-state index contributed by atoms with van der Waals surface area (Å²) in [4.78, 5) is 15.7. The molecule has 17 heavy (non-hydrogen) atoms. The molecule has 6 heteroatoms. The number of pyridine rings is 1. The predicted octanol–water partition coefficient (Wildman–Crippen LogP) is 2.30. The van der Waals surface area contributed by atoms with Crippen LogP contribution in [0.25, 0.3) is 0 Å². The summed E-state index contributed by atoms with van der Waals surface area (Å²) >= 11 is 11.7. The first kappa shape index (κ1) is 12.1. The maximum Gasteiger partial charge on any atom is 0.267 e. The molecule has 0 fully saturated rings. The van der Waals surface area contributed by atoms with Gasteiger partial charge in [-0.3, -0.25) is 4.79 Å². The number of rotatable bonds is 2. The van der Waals surface area contributed by atoms with Crippen molar-refractivity contribution in [2.24, 2.45) is 0 Å². The largest absolute Gasteiger partial charge is 0.268 e. The summed E-state index contributed by atoms with van der Waals surface area (Å²) < 4.78 is 1.29. The Kier molecular flexibility index (Phi) is 3.45. The van der Waals surface area contributed by atoms with E-state index >= 15 is 0 Å². The Morgan fingerprint density at radius 3 is 2.82 bits per heavy atom. The van der Waals surface area contributed by atoms with Crippen LogP contribution in [-0.2, 0) is 6.54 Å². The van der Waals surface area contributed by atoms with E-state index < -0.39 is 0 Å². The van der Waals surface area contributed by atoms with Gasteiger partial charge < -0.3 is 0 Å². The van der Waals surface area contributed by atoms with E-state index in [2.05, 4.69) is 10.1 Å². The van der Waals surface area contributed by atoms with Crippen LogP contribution in [0.15, 0.2) is 29.2 Å². The van der Waals surface area contributed by atoms with Crippen molar-refractivity contribution in [3.63, 3.8) is 0 Å². The van der Waals surface area contributed by atoms with Crippen molar-refractivity contribution in [2.45, 2.75) is 13.5 Å². The molecule has 0 spiro atoms. The summed E-state index contributed by atoms with van der Waals surface area (Å²) in [6.07, 6.45) is 1.61. The fourth-order valence-corrected chi connectivity index (χ4v) is 1.68. The third kappa shape index (κ3) is 2.84. The molecule has 0 aliphatic carbocycles. The zero-order valence-corrected chi connectivity index (χ0v) is 10.5. The molecule has 0 aliphatic heterocycles. The Labute approximate surface area is 108 Å². The van der Waals surface area contributed by atoms with Crippen molar-refractivity contribution >= 4 is 23.2 Å². The molecule has 0 saturated carbocycles. The first-order valence-corrected chi connectivity index (χ1v) is 5.66. The van der Waals surface area contributed by atoms with Gasteiger partial charge in [-0.15, -0.1) is 0 Å². The minimum absolute atomic E-state index is 0.192. The molecule has 0 aromatic carbocycles. The fraction of sp³-hybridized carbons (Fsp3) is 0.182. The van der Waals surface area contributed by atoms with Crippen molar-refractivity contribution in [3.05, 3.63) is 56.2 Å². The van der Waals surface area contributed by atoms with Crippen molar-refractivity contribution in [2.75, 3.05) is 0 Å². The molecule has 0 radical (unpaired) electrons. The summed E-state index contributed by atoms with van der Waals surface area (Å²) in [5, 5.41) is 4.81. The highest BCUT2D eigenvalue weighted by Gasteiger charge is 2.06. The van der Waals surface area contributed by atoms with Gasteiger partial charge in [0.25, 0.3) is 5.56 Å². The summed E-state index contributed by atoms with van der Waals surface area (Å²) in [7, 11) is 0. The molecule has 0 aliphatic rings. The Bertz CT molecular complexity index is 610. The normalized spacial score (nSPS) is 10.5. The van der Waals surface area contributed by atoms with E-state index in [1.165, 1.54) is 10.7 Å². The third-order valence-corrected chi connectivity index (χ3v) is 2.75. The lowest BCUT2D eigenvalue weighted by molar-refractivity contribution is 0.625. The average Bonchev–Trinajstić information content (AvgIpc) is 2.27. The van der Waals surface area contributed by atoms with Crippen LogP contribution < -0.4 is 5.56 Å². The van der Waals surface area contributed by atoms with E-state index in [0.717, 1.165) is 5.56 Å². The summed E-state index contributed by atoms with van der Waals surface area (Å²) in [6, 6.07) is 4.75. The molecule has 0 atom stereocenters. The van der Waals surface area contributed by atoms with Crippen LogP contribution in [0.2, 0.25) is 10.2 Å². The standard InChI is InChI=1S/C11H9Cl2N3O/c1-7-4-11(17)16(14-5-7)6-9-8(12)2-3-10(13)15-9/h2-5H,6H2,1H3. The minimum Gasteiger partial charge on any atom is -0.268 e. The van der Waals surface area contributed by atoms with E-state index in [1.807, 2.05) is 6.92 Å². The summed E-state index contributed by atoms with van der Waals surface area (Å²) in [5.74, 6) is 0. The van der Waals surface area contributed by atoms with Crippen LogP contribution in [0.5, 0.6) is 0 Å². The Morgan fingerprint density at radius 1 is 1.35 bits per heavy atom. The van der Waals surface area contributed by atoms with Gasteiger partial charge in [-0.2, -0.15) is 5.10 Å². The Hall–Kier alpha value is -1.39. The zero-order valence-electron chi connectivity index (χ0n) is 9.02. The Balaban J connectivity index is 2.38. The highest BCUT2D eigenvalue weighted by molar-refractivity contribution is 6.32. The number of nitrogens with zero attached hydrogens (tertiary/aromatic N) is 3. The molecule has 0 saturated heterocycles.